The number of nitro groups is 1. The number of hydrogen-bond donors (Lipinski definition) is 3. The van der Waals surface area contributed by atoms with Gasteiger partial charge >= 0.3 is 6.18 Å². The van der Waals surface area contributed by atoms with Crippen LogP contribution in [-0.2, 0) is 6.18 Å². The molecule has 0 atom stereocenters. The van der Waals surface area contributed by atoms with Crippen LogP contribution in [0.4, 0.5) is 24.5 Å². The highest BCUT2D eigenvalue weighted by Gasteiger charge is 2.33. The first-order valence-electron chi connectivity index (χ1n) is 6.81. The van der Waals surface area contributed by atoms with E-state index >= 15 is 0 Å². The minimum atomic E-state index is -4.74. The number of halogens is 3. The molecule has 25 heavy (non-hydrogen) atoms. The number of amides is 1. The minimum absolute atomic E-state index is 0.104. The highest BCUT2D eigenvalue weighted by Crippen LogP contribution is 2.34. The number of nitrogens with zero attached hydrogens (tertiary/aromatic N) is 1. The average molecular weight is 355 g/mol. The van der Waals surface area contributed by atoms with Crippen molar-refractivity contribution in [2.75, 3.05) is 5.43 Å². The van der Waals surface area contributed by atoms with Crippen LogP contribution in [0.5, 0.6) is 5.75 Å². The fourth-order valence-corrected chi connectivity index (χ4v) is 1.99. The van der Waals surface area contributed by atoms with Gasteiger partial charge in [0.2, 0.25) is 0 Å². The number of nitrogens with one attached hydrogen (secondary N) is 2. The fourth-order valence-electron chi connectivity index (χ4n) is 1.99. The number of carbonyl (C=O) groups excluding carboxylic acids is 1. The van der Waals surface area contributed by atoms with Crippen LogP contribution in [0, 0.1) is 17.0 Å². The molecule has 2 aromatic carbocycles. The number of alkyl halides is 3. The molecule has 0 saturated heterocycles. The van der Waals surface area contributed by atoms with Gasteiger partial charge in [-0.1, -0.05) is 6.07 Å². The van der Waals surface area contributed by atoms with E-state index in [1.165, 1.54) is 12.1 Å². The molecule has 2 rings (SSSR count). The van der Waals surface area contributed by atoms with Crippen molar-refractivity contribution in [2.45, 2.75) is 13.1 Å². The molecule has 0 aliphatic carbocycles. The quantitative estimate of drug-likeness (QED) is 0.576. The van der Waals surface area contributed by atoms with Gasteiger partial charge in [0.25, 0.3) is 11.6 Å². The van der Waals surface area contributed by atoms with E-state index in [0.29, 0.717) is 17.7 Å². The van der Waals surface area contributed by atoms with Gasteiger partial charge in [-0.15, -0.1) is 0 Å². The van der Waals surface area contributed by atoms with E-state index in [-0.39, 0.29) is 17.0 Å². The van der Waals surface area contributed by atoms with Crippen LogP contribution in [0.1, 0.15) is 21.5 Å². The van der Waals surface area contributed by atoms with Gasteiger partial charge in [0, 0.05) is 6.07 Å². The molecule has 10 heteroatoms. The number of aromatic hydroxyl groups is 1. The summed E-state index contributed by atoms with van der Waals surface area (Å²) in [5.74, 6) is -1.12. The van der Waals surface area contributed by atoms with Crippen molar-refractivity contribution in [3.63, 3.8) is 0 Å². The van der Waals surface area contributed by atoms with Crippen molar-refractivity contribution in [3.05, 3.63) is 63.2 Å². The lowest BCUT2D eigenvalue weighted by atomic mass is 10.1. The van der Waals surface area contributed by atoms with Crippen LogP contribution in [0.15, 0.2) is 36.4 Å². The predicted molar refractivity (Wildman–Crippen MR) is 82.0 cm³/mol. The number of phenols is 1. The normalized spacial score (nSPS) is 11.0. The van der Waals surface area contributed by atoms with Gasteiger partial charge in [-0.25, -0.2) is 0 Å². The molecule has 132 valence electrons. The molecular weight excluding hydrogens is 343 g/mol. The zero-order valence-electron chi connectivity index (χ0n) is 12.7. The summed E-state index contributed by atoms with van der Waals surface area (Å²) >= 11 is 0. The summed E-state index contributed by atoms with van der Waals surface area (Å²) in [6.07, 6.45) is -4.74. The number of hydrogen-bond acceptors (Lipinski definition) is 5. The predicted octanol–water partition coefficient (Wildman–Crippen LogP) is 3.38. The largest absolute Gasteiger partial charge is 0.507 e. The molecule has 0 bridgehead atoms. The Morgan fingerprint density at radius 1 is 1.20 bits per heavy atom. The maximum Gasteiger partial charge on any atom is 0.416 e. The van der Waals surface area contributed by atoms with Crippen LogP contribution in [0.3, 0.4) is 0 Å². The van der Waals surface area contributed by atoms with Gasteiger partial charge in [0.05, 0.1) is 16.1 Å². The van der Waals surface area contributed by atoms with E-state index in [9.17, 15) is 33.2 Å². The standard InChI is InChI=1S/C15H12F3N3O4/c1-8-2-4-10(13(22)6-8)14(23)20-19-11-5-3-9(15(16,17)18)7-12(11)21(24)25/h2-7,19,22H,1H3,(H,20,23). The Kier molecular flexibility index (Phi) is 4.82. The third-order valence-electron chi connectivity index (χ3n) is 3.23. The third-order valence-corrected chi connectivity index (χ3v) is 3.23. The highest BCUT2D eigenvalue weighted by molar-refractivity contribution is 5.97. The van der Waals surface area contributed by atoms with E-state index in [1.807, 2.05) is 0 Å². The van der Waals surface area contributed by atoms with E-state index in [0.717, 1.165) is 6.07 Å². The van der Waals surface area contributed by atoms with Crippen LogP contribution in [0.25, 0.3) is 0 Å². The topological polar surface area (TPSA) is 104 Å². The lowest BCUT2D eigenvalue weighted by molar-refractivity contribution is -0.384. The molecule has 1 amide bonds. The van der Waals surface area contributed by atoms with Crippen LogP contribution >= 0.6 is 0 Å². The van der Waals surface area contributed by atoms with Gasteiger partial charge in [-0.2, -0.15) is 13.2 Å². The lowest BCUT2D eigenvalue weighted by Crippen LogP contribution is -2.29. The first kappa shape index (κ1) is 18.0. The number of anilines is 1. The molecule has 0 spiro atoms. The van der Waals surface area contributed by atoms with E-state index in [4.69, 9.17) is 0 Å². The Hall–Kier alpha value is -3.30. The monoisotopic (exact) mass is 355 g/mol. The minimum Gasteiger partial charge on any atom is -0.507 e. The zero-order valence-corrected chi connectivity index (χ0v) is 12.7. The number of rotatable bonds is 4. The second kappa shape index (κ2) is 6.67. The molecule has 0 heterocycles. The highest BCUT2D eigenvalue weighted by atomic mass is 19.4. The molecular formula is C15H12F3N3O4. The molecule has 0 aliphatic heterocycles. The van der Waals surface area contributed by atoms with Crippen LogP contribution in [-0.4, -0.2) is 15.9 Å². The van der Waals surface area contributed by atoms with Crippen molar-refractivity contribution in [1.29, 1.82) is 0 Å². The van der Waals surface area contributed by atoms with Crippen LogP contribution in [0.2, 0.25) is 0 Å². The first-order valence-corrected chi connectivity index (χ1v) is 6.81. The molecule has 7 nitrogen and oxygen atoms in total. The van der Waals surface area contributed by atoms with Gasteiger partial charge in [-0.05, 0) is 36.8 Å². The number of benzene rings is 2. The summed E-state index contributed by atoms with van der Waals surface area (Å²) in [4.78, 5) is 21.9. The second-order valence-electron chi connectivity index (χ2n) is 5.09. The van der Waals surface area contributed by atoms with E-state index < -0.39 is 28.3 Å². The molecule has 0 aliphatic rings. The molecule has 0 saturated carbocycles. The Morgan fingerprint density at radius 3 is 2.44 bits per heavy atom. The molecule has 0 fully saturated rings. The number of phenolic OH excluding ortho intramolecular Hbond substituents is 1. The molecule has 0 unspecified atom stereocenters. The molecule has 2 aromatic rings. The van der Waals surface area contributed by atoms with Crippen molar-refractivity contribution in [2.24, 2.45) is 0 Å². The Morgan fingerprint density at radius 2 is 1.88 bits per heavy atom. The summed E-state index contributed by atoms with van der Waals surface area (Å²) in [6, 6.07) is 6.08. The maximum atomic E-state index is 12.6. The summed E-state index contributed by atoms with van der Waals surface area (Å²) in [5.41, 5.74) is 2.51. The fraction of sp³-hybridized carbons (Fsp3) is 0.133. The van der Waals surface area contributed by atoms with Gasteiger partial charge in [0.15, 0.2) is 0 Å². The van der Waals surface area contributed by atoms with Crippen molar-refractivity contribution in [3.8, 4) is 5.75 Å². The summed E-state index contributed by atoms with van der Waals surface area (Å²) < 4.78 is 37.9. The zero-order chi connectivity index (χ0) is 18.8. The van der Waals surface area contributed by atoms with Gasteiger partial charge < -0.3 is 5.11 Å². The van der Waals surface area contributed by atoms with Crippen molar-refractivity contribution >= 4 is 17.3 Å². The number of nitro benzene ring substituents is 1. The van der Waals surface area contributed by atoms with Gasteiger partial charge in [-0.3, -0.25) is 25.8 Å². The third kappa shape index (κ3) is 4.16. The summed E-state index contributed by atoms with van der Waals surface area (Å²) in [6.45, 7) is 1.70. The first-order chi connectivity index (χ1) is 11.6. The van der Waals surface area contributed by atoms with E-state index in [2.05, 4.69) is 10.9 Å². The van der Waals surface area contributed by atoms with Crippen molar-refractivity contribution < 1.29 is 28.0 Å². The number of aryl methyl sites for hydroxylation is 1. The van der Waals surface area contributed by atoms with Crippen molar-refractivity contribution in [1.82, 2.24) is 5.43 Å². The number of carbonyl (C=O) groups is 1. The molecule has 0 radical (unpaired) electrons. The Labute approximate surface area is 139 Å². The lowest BCUT2D eigenvalue weighted by Gasteiger charge is -2.12. The number of hydrazine groups is 1. The van der Waals surface area contributed by atoms with Crippen LogP contribution < -0.4 is 10.9 Å². The Balaban J connectivity index is 2.22. The smallest absolute Gasteiger partial charge is 0.416 e. The second-order valence-corrected chi connectivity index (χ2v) is 5.09. The average Bonchev–Trinajstić information content (AvgIpc) is 2.51. The Bertz CT molecular complexity index is 837. The summed E-state index contributed by atoms with van der Waals surface area (Å²) in [7, 11) is 0. The van der Waals surface area contributed by atoms with Gasteiger partial charge in [0.1, 0.15) is 11.4 Å². The summed E-state index contributed by atoms with van der Waals surface area (Å²) in [5, 5.41) is 20.7. The molecule has 3 N–H and O–H groups in total. The maximum absolute atomic E-state index is 12.6. The van der Waals surface area contributed by atoms with E-state index in [1.54, 1.807) is 13.0 Å². The molecule has 0 aromatic heterocycles. The SMILES string of the molecule is Cc1ccc(C(=O)NNc2ccc(C(F)(F)F)cc2[N+](=O)[O-])c(O)c1.